The van der Waals surface area contributed by atoms with Crippen LogP contribution in [0.3, 0.4) is 0 Å². The fourth-order valence-electron chi connectivity index (χ4n) is 3.68. The van der Waals surface area contributed by atoms with Crippen molar-refractivity contribution in [1.82, 2.24) is 10.3 Å². The molecule has 2 aromatic carbocycles. The Morgan fingerprint density at radius 3 is 2.68 bits per heavy atom. The van der Waals surface area contributed by atoms with Gasteiger partial charge in [0.05, 0.1) is 11.8 Å². The molecule has 1 fully saturated rings. The highest BCUT2D eigenvalue weighted by Gasteiger charge is 2.47. The minimum Gasteiger partial charge on any atom is -0.361 e. The molecule has 3 N–H and O–H groups in total. The molecule has 0 radical (unpaired) electrons. The molecule has 144 valence electrons. The van der Waals surface area contributed by atoms with E-state index in [9.17, 15) is 9.59 Å². The molecule has 0 bridgehead atoms. The molecule has 28 heavy (non-hydrogen) atoms. The van der Waals surface area contributed by atoms with Gasteiger partial charge in [0.25, 0.3) is 0 Å². The molecule has 1 aromatic heterocycles. The van der Waals surface area contributed by atoms with Crippen molar-refractivity contribution in [2.24, 2.45) is 11.8 Å². The van der Waals surface area contributed by atoms with Crippen molar-refractivity contribution >= 4 is 28.4 Å². The Balaban J connectivity index is 1.27. The lowest BCUT2D eigenvalue weighted by Gasteiger charge is -2.10. The van der Waals surface area contributed by atoms with E-state index < -0.39 is 0 Å². The average Bonchev–Trinajstić information content (AvgIpc) is 3.40. The van der Waals surface area contributed by atoms with Gasteiger partial charge in [0.15, 0.2) is 0 Å². The molecule has 2 amide bonds. The largest absolute Gasteiger partial charge is 0.361 e. The third kappa shape index (κ3) is 3.65. The highest BCUT2D eigenvalue weighted by Crippen LogP contribution is 2.39. The molecule has 1 aliphatic rings. The summed E-state index contributed by atoms with van der Waals surface area (Å²) in [5.74, 6) is -0.535. The van der Waals surface area contributed by atoms with E-state index in [4.69, 9.17) is 0 Å². The van der Waals surface area contributed by atoms with E-state index in [0.717, 1.165) is 28.8 Å². The Morgan fingerprint density at radius 1 is 1.04 bits per heavy atom. The first-order valence-electron chi connectivity index (χ1n) is 9.74. The van der Waals surface area contributed by atoms with Crippen molar-refractivity contribution in [2.45, 2.75) is 26.7 Å². The van der Waals surface area contributed by atoms with Crippen LogP contribution in [0.1, 0.15) is 23.1 Å². The molecule has 2 unspecified atom stereocenters. The lowest BCUT2D eigenvalue weighted by Crippen LogP contribution is -2.29. The maximum atomic E-state index is 12.5. The standard InChI is InChI=1S/C23H25N3O2/c1-14-6-5-9-20(15(14)2)26-23(28)19-12-18(19)22(27)24-11-10-16-13-25-21-8-4-3-7-17(16)21/h3-9,13,18-19,25H,10-12H2,1-2H3,(H,24,27)(H,26,28). The van der Waals surface area contributed by atoms with Crippen molar-refractivity contribution < 1.29 is 9.59 Å². The zero-order valence-electron chi connectivity index (χ0n) is 16.2. The number of nitrogens with one attached hydrogen (secondary N) is 3. The SMILES string of the molecule is Cc1cccc(NC(=O)C2CC2C(=O)NCCc2c[nH]c3ccccc23)c1C. The van der Waals surface area contributed by atoms with E-state index in [1.807, 2.05) is 56.4 Å². The number of benzene rings is 2. The van der Waals surface area contributed by atoms with Gasteiger partial charge >= 0.3 is 0 Å². The van der Waals surface area contributed by atoms with Crippen molar-refractivity contribution in [2.75, 3.05) is 11.9 Å². The van der Waals surface area contributed by atoms with Crippen LogP contribution in [0.2, 0.25) is 0 Å². The maximum absolute atomic E-state index is 12.5. The van der Waals surface area contributed by atoms with Crippen LogP contribution in [-0.4, -0.2) is 23.3 Å². The molecule has 1 aliphatic carbocycles. The maximum Gasteiger partial charge on any atom is 0.228 e. The van der Waals surface area contributed by atoms with Crippen LogP contribution in [0.4, 0.5) is 5.69 Å². The predicted octanol–water partition coefficient (Wildman–Crippen LogP) is 3.72. The highest BCUT2D eigenvalue weighted by molar-refractivity contribution is 6.00. The molecule has 0 aliphatic heterocycles. The van der Waals surface area contributed by atoms with Crippen LogP contribution in [0.15, 0.2) is 48.7 Å². The summed E-state index contributed by atoms with van der Waals surface area (Å²) in [6.45, 7) is 4.58. The van der Waals surface area contributed by atoms with Gasteiger partial charge in [0.1, 0.15) is 0 Å². The zero-order chi connectivity index (χ0) is 19.7. The number of aromatic amines is 1. The molecule has 5 nitrogen and oxygen atoms in total. The molecule has 1 saturated carbocycles. The summed E-state index contributed by atoms with van der Waals surface area (Å²) in [6.07, 6.45) is 3.38. The average molecular weight is 375 g/mol. The number of hydrogen-bond donors (Lipinski definition) is 3. The van der Waals surface area contributed by atoms with Gasteiger partial charge in [-0.05, 0) is 55.5 Å². The summed E-state index contributed by atoms with van der Waals surface area (Å²) < 4.78 is 0. The quantitative estimate of drug-likeness (QED) is 0.614. The van der Waals surface area contributed by atoms with Crippen molar-refractivity contribution in [1.29, 1.82) is 0 Å². The number of anilines is 1. The minimum atomic E-state index is -0.229. The second-order valence-electron chi connectivity index (χ2n) is 7.59. The first-order chi connectivity index (χ1) is 13.5. The fraction of sp³-hybridized carbons (Fsp3) is 0.304. The van der Waals surface area contributed by atoms with Gasteiger partial charge in [0.2, 0.25) is 11.8 Å². The van der Waals surface area contributed by atoms with Crippen molar-refractivity contribution in [3.8, 4) is 0 Å². The summed E-state index contributed by atoms with van der Waals surface area (Å²) in [5.41, 5.74) is 5.33. The number of fused-ring (bicyclic) bond motifs is 1. The van der Waals surface area contributed by atoms with Crippen LogP contribution in [0.5, 0.6) is 0 Å². The topological polar surface area (TPSA) is 74.0 Å². The molecule has 3 aromatic rings. The number of rotatable bonds is 6. The monoisotopic (exact) mass is 375 g/mol. The third-order valence-electron chi connectivity index (χ3n) is 5.69. The van der Waals surface area contributed by atoms with Crippen molar-refractivity contribution in [3.05, 3.63) is 65.4 Å². The number of amides is 2. The summed E-state index contributed by atoms with van der Waals surface area (Å²) >= 11 is 0. The van der Waals surface area contributed by atoms with E-state index in [-0.39, 0.29) is 23.7 Å². The van der Waals surface area contributed by atoms with E-state index in [1.165, 1.54) is 10.9 Å². The summed E-state index contributed by atoms with van der Waals surface area (Å²) in [4.78, 5) is 28.1. The molecule has 1 heterocycles. The van der Waals surface area contributed by atoms with Gasteiger partial charge in [-0.2, -0.15) is 0 Å². The van der Waals surface area contributed by atoms with Crippen LogP contribution in [0, 0.1) is 25.7 Å². The van der Waals surface area contributed by atoms with Gasteiger partial charge in [-0.15, -0.1) is 0 Å². The molecule has 2 atom stereocenters. The highest BCUT2D eigenvalue weighted by atomic mass is 16.2. The fourth-order valence-corrected chi connectivity index (χ4v) is 3.68. The minimum absolute atomic E-state index is 0.0269. The molecular formula is C23H25N3O2. The number of carbonyl (C=O) groups is 2. The number of aryl methyl sites for hydroxylation is 1. The Kier molecular flexibility index (Phi) is 4.90. The molecular weight excluding hydrogens is 350 g/mol. The van der Waals surface area contributed by atoms with E-state index in [1.54, 1.807) is 0 Å². The van der Waals surface area contributed by atoms with E-state index in [0.29, 0.717) is 13.0 Å². The van der Waals surface area contributed by atoms with Gasteiger partial charge < -0.3 is 15.6 Å². The van der Waals surface area contributed by atoms with Crippen LogP contribution >= 0.6 is 0 Å². The Bertz CT molecular complexity index is 1040. The van der Waals surface area contributed by atoms with Gasteiger partial charge in [0, 0.05) is 29.3 Å². The number of para-hydroxylation sites is 1. The van der Waals surface area contributed by atoms with Gasteiger partial charge in [-0.25, -0.2) is 0 Å². The van der Waals surface area contributed by atoms with Gasteiger partial charge in [-0.1, -0.05) is 30.3 Å². The molecule has 4 rings (SSSR count). The molecule has 0 saturated heterocycles. The number of hydrogen-bond acceptors (Lipinski definition) is 2. The lowest BCUT2D eigenvalue weighted by molar-refractivity contribution is -0.125. The van der Waals surface area contributed by atoms with Gasteiger partial charge in [-0.3, -0.25) is 9.59 Å². The van der Waals surface area contributed by atoms with Crippen molar-refractivity contribution in [3.63, 3.8) is 0 Å². The Hall–Kier alpha value is -3.08. The molecule has 5 heteroatoms. The first-order valence-corrected chi connectivity index (χ1v) is 9.74. The summed E-state index contributed by atoms with van der Waals surface area (Å²) in [7, 11) is 0. The molecule has 0 spiro atoms. The Morgan fingerprint density at radius 2 is 1.82 bits per heavy atom. The summed E-state index contributed by atoms with van der Waals surface area (Å²) in [6, 6.07) is 14.0. The second-order valence-corrected chi connectivity index (χ2v) is 7.59. The number of H-pyrrole nitrogens is 1. The second kappa shape index (κ2) is 7.50. The van der Waals surface area contributed by atoms with Crippen LogP contribution in [0.25, 0.3) is 10.9 Å². The van der Waals surface area contributed by atoms with Crippen LogP contribution in [-0.2, 0) is 16.0 Å². The number of aromatic nitrogens is 1. The lowest BCUT2D eigenvalue weighted by atomic mass is 10.1. The Labute approximate surface area is 164 Å². The first kappa shape index (κ1) is 18.3. The predicted molar refractivity (Wildman–Crippen MR) is 111 cm³/mol. The third-order valence-corrected chi connectivity index (χ3v) is 5.69. The zero-order valence-corrected chi connectivity index (χ0v) is 16.2. The van der Waals surface area contributed by atoms with E-state index in [2.05, 4.69) is 21.7 Å². The van der Waals surface area contributed by atoms with E-state index >= 15 is 0 Å². The van der Waals surface area contributed by atoms with Crippen LogP contribution < -0.4 is 10.6 Å². The number of carbonyl (C=O) groups excluding carboxylic acids is 2. The smallest absolute Gasteiger partial charge is 0.228 e. The normalized spacial score (nSPS) is 18.1. The summed E-state index contributed by atoms with van der Waals surface area (Å²) in [5, 5.41) is 7.15.